The van der Waals surface area contributed by atoms with Gasteiger partial charge in [-0.3, -0.25) is 4.90 Å². The van der Waals surface area contributed by atoms with Crippen LogP contribution >= 0.6 is 24.0 Å². The Morgan fingerprint density at radius 1 is 1.09 bits per heavy atom. The first kappa shape index (κ1) is 26.6. The predicted octanol–water partition coefficient (Wildman–Crippen LogP) is 3.63. The van der Waals surface area contributed by atoms with Crippen LogP contribution in [0.25, 0.3) is 0 Å². The maximum absolute atomic E-state index is 9.66. The maximum atomic E-state index is 9.66. The van der Waals surface area contributed by atoms with Gasteiger partial charge in [-0.15, -0.1) is 24.0 Å². The Kier molecular flexibility index (Phi) is 11.5. The lowest BCUT2D eigenvalue weighted by Crippen LogP contribution is -2.37. The van der Waals surface area contributed by atoms with Crippen LogP contribution in [0.15, 0.2) is 33.8 Å². The molecule has 0 unspecified atom stereocenters. The topological polar surface area (TPSA) is 85.9 Å². The minimum atomic E-state index is -0.122. The highest BCUT2D eigenvalue weighted by Crippen LogP contribution is 2.16. The highest BCUT2D eigenvalue weighted by Gasteiger charge is 2.17. The Morgan fingerprint density at radius 3 is 2.41 bits per heavy atom. The molecular weight excluding hydrogens is 517 g/mol. The molecule has 1 saturated heterocycles. The number of hydrogen-bond donors (Lipinski definition) is 3. The molecule has 2 heterocycles. The average molecular weight is 556 g/mol. The van der Waals surface area contributed by atoms with Gasteiger partial charge in [0.05, 0.1) is 18.3 Å². The number of aliphatic hydroxyl groups excluding tert-OH is 1. The number of piperidine rings is 1. The van der Waals surface area contributed by atoms with Crippen LogP contribution < -0.4 is 10.6 Å². The molecule has 0 bridgehead atoms. The molecule has 178 valence electrons. The molecule has 1 aromatic heterocycles. The van der Waals surface area contributed by atoms with Crippen LogP contribution in [0.4, 0.5) is 0 Å². The number of guanidine groups is 1. The van der Waals surface area contributed by atoms with Crippen molar-refractivity contribution >= 4 is 29.9 Å². The molecule has 0 radical (unpaired) electrons. The SMILES string of the molecule is CCNC(=NCc1ccc(CN2CCC(O)CC2)cc1)NCc1c(CC)noc1CC.I. The standard InChI is InChI=1S/C24H37N5O2.HI/c1-4-22-21(23(5-2)31-28-22)16-27-24(25-6-3)26-15-18-7-9-19(10-8-18)17-29-13-11-20(30)12-14-29;/h7-10,20,30H,4-6,11-17H2,1-3H3,(H2,25,26,27);1H. The van der Waals surface area contributed by atoms with Gasteiger partial charge in [0.15, 0.2) is 5.96 Å². The van der Waals surface area contributed by atoms with Crippen LogP contribution in [0.2, 0.25) is 0 Å². The largest absolute Gasteiger partial charge is 0.393 e. The third-order valence-corrected chi connectivity index (χ3v) is 5.79. The second-order valence-corrected chi connectivity index (χ2v) is 8.11. The van der Waals surface area contributed by atoms with Crippen LogP contribution in [-0.2, 0) is 32.5 Å². The number of likely N-dealkylation sites (tertiary alicyclic amines) is 1. The number of aliphatic imine (C=N–C) groups is 1. The quantitative estimate of drug-likeness (QED) is 0.249. The summed E-state index contributed by atoms with van der Waals surface area (Å²) >= 11 is 0. The lowest BCUT2D eigenvalue weighted by molar-refractivity contribution is 0.0792. The zero-order chi connectivity index (χ0) is 22.1. The Bertz CT molecular complexity index is 808. The van der Waals surface area contributed by atoms with E-state index in [1.807, 2.05) is 0 Å². The van der Waals surface area contributed by atoms with E-state index in [1.54, 1.807) is 0 Å². The van der Waals surface area contributed by atoms with Crippen molar-refractivity contribution in [2.45, 2.75) is 72.2 Å². The lowest BCUT2D eigenvalue weighted by atomic mass is 10.1. The van der Waals surface area contributed by atoms with Gasteiger partial charge in [-0.25, -0.2) is 4.99 Å². The van der Waals surface area contributed by atoms with E-state index in [4.69, 9.17) is 9.52 Å². The summed E-state index contributed by atoms with van der Waals surface area (Å²) in [6.45, 7) is 11.2. The molecule has 3 N–H and O–H groups in total. The Hall–Kier alpha value is -1.65. The summed E-state index contributed by atoms with van der Waals surface area (Å²) in [5.74, 6) is 1.74. The number of aromatic nitrogens is 1. The smallest absolute Gasteiger partial charge is 0.191 e. The van der Waals surface area contributed by atoms with Gasteiger partial charge >= 0.3 is 0 Å². The molecule has 1 aromatic carbocycles. The Balaban J connectivity index is 0.00000363. The van der Waals surface area contributed by atoms with Crippen LogP contribution in [0.3, 0.4) is 0 Å². The minimum Gasteiger partial charge on any atom is -0.393 e. The van der Waals surface area contributed by atoms with E-state index in [-0.39, 0.29) is 30.1 Å². The molecule has 8 heteroatoms. The van der Waals surface area contributed by atoms with E-state index >= 15 is 0 Å². The third kappa shape index (κ3) is 7.74. The lowest BCUT2D eigenvalue weighted by Gasteiger charge is -2.29. The van der Waals surface area contributed by atoms with Crippen LogP contribution in [0, 0.1) is 0 Å². The van der Waals surface area contributed by atoms with Crippen LogP contribution in [0.5, 0.6) is 0 Å². The van der Waals surface area contributed by atoms with Gasteiger partial charge in [0, 0.05) is 44.7 Å². The van der Waals surface area contributed by atoms with Crippen molar-refractivity contribution in [3.05, 3.63) is 52.4 Å². The molecule has 7 nitrogen and oxygen atoms in total. The van der Waals surface area contributed by atoms with Crippen LogP contribution in [-0.4, -0.2) is 46.9 Å². The summed E-state index contributed by atoms with van der Waals surface area (Å²) in [4.78, 5) is 7.16. The molecule has 0 aliphatic carbocycles. The first-order chi connectivity index (χ1) is 15.1. The van der Waals surface area contributed by atoms with Gasteiger partial charge in [-0.1, -0.05) is 43.3 Å². The molecule has 0 amide bonds. The van der Waals surface area contributed by atoms with E-state index in [2.05, 4.69) is 65.7 Å². The first-order valence-corrected chi connectivity index (χ1v) is 11.6. The number of halogens is 1. The fraction of sp³-hybridized carbons (Fsp3) is 0.583. The highest BCUT2D eigenvalue weighted by atomic mass is 127. The zero-order valence-corrected chi connectivity index (χ0v) is 21.9. The van der Waals surface area contributed by atoms with Crippen molar-refractivity contribution in [3.63, 3.8) is 0 Å². The second kappa shape index (κ2) is 13.8. The molecule has 0 atom stereocenters. The van der Waals surface area contributed by atoms with Crippen molar-refractivity contribution < 1.29 is 9.63 Å². The monoisotopic (exact) mass is 555 g/mol. The summed E-state index contributed by atoms with van der Waals surface area (Å²) < 4.78 is 5.46. The minimum absolute atomic E-state index is 0. The van der Waals surface area contributed by atoms with Crippen molar-refractivity contribution in [1.29, 1.82) is 0 Å². The molecule has 32 heavy (non-hydrogen) atoms. The van der Waals surface area contributed by atoms with E-state index in [9.17, 15) is 5.11 Å². The van der Waals surface area contributed by atoms with Crippen molar-refractivity contribution in [2.24, 2.45) is 4.99 Å². The fourth-order valence-electron chi connectivity index (χ4n) is 3.91. The molecular formula is C24H38IN5O2. The molecule has 1 fully saturated rings. The second-order valence-electron chi connectivity index (χ2n) is 8.11. The van der Waals surface area contributed by atoms with Gasteiger partial charge < -0.3 is 20.3 Å². The van der Waals surface area contributed by atoms with E-state index in [0.29, 0.717) is 13.1 Å². The summed E-state index contributed by atoms with van der Waals surface area (Å²) in [5, 5.41) is 20.6. The molecule has 2 aromatic rings. The van der Waals surface area contributed by atoms with Crippen molar-refractivity contribution in [2.75, 3.05) is 19.6 Å². The number of rotatable bonds is 9. The normalized spacial score (nSPS) is 15.4. The first-order valence-electron chi connectivity index (χ1n) is 11.6. The van der Waals surface area contributed by atoms with Crippen molar-refractivity contribution in [1.82, 2.24) is 20.7 Å². The Labute approximate surface area is 209 Å². The fourth-order valence-corrected chi connectivity index (χ4v) is 3.91. The summed E-state index contributed by atoms with van der Waals surface area (Å²) in [6, 6.07) is 8.69. The van der Waals surface area contributed by atoms with Gasteiger partial charge in [-0.05, 0) is 37.3 Å². The number of aliphatic hydroxyl groups is 1. The predicted molar refractivity (Wildman–Crippen MR) is 139 cm³/mol. The maximum Gasteiger partial charge on any atom is 0.191 e. The van der Waals surface area contributed by atoms with Gasteiger partial charge in [0.25, 0.3) is 0 Å². The Morgan fingerprint density at radius 2 is 1.78 bits per heavy atom. The third-order valence-electron chi connectivity index (χ3n) is 5.79. The molecule has 0 saturated carbocycles. The summed E-state index contributed by atoms with van der Waals surface area (Å²) in [6.07, 6.45) is 3.33. The van der Waals surface area contributed by atoms with Crippen molar-refractivity contribution in [3.8, 4) is 0 Å². The molecule has 1 aliphatic rings. The molecule has 3 rings (SSSR count). The number of aryl methyl sites for hydroxylation is 2. The summed E-state index contributed by atoms with van der Waals surface area (Å²) in [5.41, 5.74) is 4.65. The van der Waals surface area contributed by atoms with E-state index in [1.165, 1.54) is 11.1 Å². The average Bonchev–Trinajstić information content (AvgIpc) is 3.20. The number of nitrogens with zero attached hydrogens (tertiary/aromatic N) is 3. The number of benzene rings is 1. The highest BCUT2D eigenvalue weighted by molar-refractivity contribution is 14.0. The van der Waals surface area contributed by atoms with Gasteiger partial charge in [-0.2, -0.15) is 0 Å². The van der Waals surface area contributed by atoms with Gasteiger partial charge in [0.1, 0.15) is 5.76 Å². The van der Waals surface area contributed by atoms with E-state index in [0.717, 1.165) is 74.8 Å². The van der Waals surface area contributed by atoms with Gasteiger partial charge in [0.2, 0.25) is 0 Å². The van der Waals surface area contributed by atoms with Crippen LogP contribution in [0.1, 0.15) is 61.8 Å². The number of nitrogens with one attached hydrogen (secondary N) is 2. The molecule has 1 aliphatic heterocycles. The number of hydrogen-bond acceptors (Lipinski definition) is 5. The van der Waals surface area contributed by atoms with E-state index < -0.39 is 0 Å². The zero-order valence-electron chi connectivity index (χ0n) is 19.6. The summed E-state index contributed by atoms with van der Waals surface area (Å²) in [7, 11) is 0. The molecule has 0 spiro atoms.